The van der Waals surface area contributed by atoms with Crippen molar-refractivity contribution in [3.05, 3.63) is 46.4 Å². The Morgan fingerprint density at radius 2 is 1.62 bits per heavy atom. The summed E-state index contributed by atoms with van der Waals surface area (Å²) in [7, 11) is 1.81. The van der Waals surface area contributed by atoms with Crippen LogP contribution in [0.2, 0.25) is 0 Å². The maximum Gasteiger partial charge on any atom is 0.295 e. The highest BCUT2D eigenvalue weighted by Gasteiger charge is 2.27. The van der Waals surface area contributed by atoms with Gasteiger partial charge < -0.3 is 10.2 Å². The minimum atomic E-state index is -0.241. The summed E-state index contributed by atoms with van der Waals surface area (Å²) in [4.78, 5) is 44.8. The lowest BCUT2D eigenvalue weighted by Gasteiger charge is -2.37. The molecule has 2 saturated heterocycles. The lowest BCUT2D eigenvalue weighted by molar-refractivity contribution is -0.136. The summed E-state index contributed by atoms with van der Waals surface area (Å²) in [5, 5.41) is 2.84. The zero-order chi connectivity index (χ0) is 24.2. The van der Waals surface area contributed by atoms with Crippen molar-refractivity contribution >= 4 is 17.5 Å². The van der Waals surface area contributed by atoms with E-state index in [1.165, 1.54) is 6.42 Å². The molecule has 2 aliphatic rings. The van der Waals surface area contributed by atoms with E-state index in [0.717, 1.165) is 51.3 Å². The van der Waals surface area contributed by atoms with Crippen LogP contribution in [0.4, 0.5) is 5.69 Å². The third-order valence-electron chi connectivity index (χ3n) is 7.13. The van der Waals surface area contributed by atoms with Crippen LogP contribution in [0.15, 0.2) is 35.1 Å². The number of anilines is 1. The number of rotatable bonds is 6. The lowest BCUT2D eigenvalue weighted by Crippen LogP contribution is -2.53. The number of nitrogens with one attached hydrogen (secondary N) is 1. The van der Waals surface area contributed by atoms with Crippen LogP contribution < -0.4 is 10.9 Å². The van der Waals surface area contributed by atoms with Crippen LogP contribution >= 0.6 is 0 Å². The van der Waals surface area contributed by atoms with Gasteiger partial charge in [-0.15, -0.1) is 0 Å². The maximum absolute atomic E-state index is 13.0. The van der Waals surface area contributed by atoms with Gasteiger partial charge in [0.05, 0.1) is 24.5 Å². The highest BCUT2D eigenvalue weighted by molar-refractivity contribution is 5.92. The van der Waals surface area contributed by atoms with Gasteiger partial charge in [-0.25, -0.2) is 4.68 Å². The maximum atomic E-state index is 13.0. The first kappa shape index (κ1) is 24.2. The van der Waals surface area contributed by atoms with Crippen molar-refractivity contribution in [3.63, 3.8) is 0 Å². The molecule has 4 rings (SSSR count). The summed E-state index contributed by atoms with van der Waals surface area (Å²) < 4.78 is 3.32. The Labute approximate surface area is 200 Å². The van der Waals surface area contributed by atoms with E-state index in [1.807, 2.05) is 49.2 Å². The molecule has 2 fully saturated rings. The molecule has 0 spiro atoms. The number of likely N-dealkylation sites (tertiary alicyclic amines) is 1. The van der Waals surface area contributed by atoms with Crippen molar-refractivity contribution in [2.75, 3.05) is 51.1 Å². The Kier molecular flexibility index (Phi) is 7.53. The molecule has 1 aromatic heterocycles. The molecule has 0 bridgehead atoms. The molecule has 2 aliphatic heterocycles. The van der Waals surface area contributed by atoms with Gasteiger partial charge in [0.25, 0.3) is 5.56 Å². The van der Waals surface area contributed by atoms with Crippen LogP contribution in [-0.4, -0.2) is 87.7 Å². The van der Waals surface area contributed by atoms with Crippen molar-refractivity contribution in [3.8, 4) is 5.69 Å². The predicted molar refractivity (Wildman–Crippen MR) is 132 cm³/mol. The monoisotopic (exact) mass is 468 g/mol. The van der Waals surface area contributed by atoms with E-state index in [0.29, 0.717) is 24.0 Å². The highest BCUT2D eigenvalue weighted by atomic mass is 16.2. The molecule has 0 aliphatic carbocycles. The fourth-order valence-corrected chi connectivity index (χ4v) is 4.95. The number of piperidine rings is 1. The minimum Gasteiger partial charge on any atom is -0.339 e. The normalized spacial score (nSPS) is 19.9. The molecule has 184 valence electrons. The summed E-state index contributed by atoms with van der Waals surface area (Å²) in [6.07, 6.45) is 3.39. The van der Waals surface area contributed by atoms with Crippen LogP contribution in [-0.2, 0) is 16.6 Å². The fourth-order valence-electron chi connectivity index (χ4n) is 4.95. The second kappa shape index (κ2) is 10.6. The van der Waals surface area contributed by atoms with Gasteiger partial charge in [0.1, 0.15) is 5.69 Å². The van der Waals surface area contributed by atoms with Gasteiger partial charge in [-0.2, -0.15) is 0 Å². The number of piperazine rings is 1. The number of para-hydroxylation sites is 1. The number of benzene rings is 1. The largest absolute Gasteiger partial charge is 0.339 e. The quantitative estimate of drug-likeness (QED) is 0.694. The van der Waals surface area contributed by atoms with E-state index < -0.39 is 0 Å². The van der Waals surface area contributed by atoms with Gasteiger partial charge in [0.15, 0.2) is 0 Å². The Balaban J connectivity index is 1.30. The third-order valence-corrected chi connectivity index (χ3v) is 7.13. The molecule has 2 aromatic rings. The predicted octanol–water partition coefficient (Wildman–Crippen LogP) is 1.44. The van der Waals surface area contributed by atoms with Crippen LogP contribution in [0, 0.1) is 6.92 Å². The molecule has 0 saturated carbocycles. The number of carbonyl (C=O) groups excluding carboxylic acids is 2. The summed E-state index contributed by atoms with van der Waals surface area (Å²) in [6.45, 7) is 8.46. The summed E-state index contributed by atoms with van der Waals surface area (Å²) in [5.74, 6) is 0.0188. The number of amides is 2. The number of nitrogens with zero attached hydrogens (tertiary/aromatic N) is 5. The molecular weight excluding hydrogens is 432 g/mol. The molecule has 1 aromatic carbocycles. The number of hydrogen-bond donors (Lipinski definition) is 1. The molecule has 2 amide bonds. The Bertz CT molecular complexity index is 1070. The molecule has 1 atom stereocenters. The molecule has 0 radical (unpaired) electrons. The lowest BCUT2D eigenvalue weighted by atomic mass is 10.0. The van der Waals surface area contributed by atoms with Crippen LogP contribution in [0.1, 0.15) is 31.9 Å². The average molecular weight is 469 g/mol. The van der Waals surface area contributed by atoms with Gasteiger partial charge in [-0.3, -0.25) is 28.9 Å². The minimum absolute atomic E-state index is 0.197. The smallest absolute Gasteiger partial charge is 0.295 e. The van der Waals surface area contributed by atoms with Crippen LogP contribution in [0.3, 0.4) is 0 Å². The topological polar surface area (TPSA) is 82.8 Å². The molecule has 9 heteroatoms. The van der Waals surface area contributed by atoms with Crippen molar-refractivity contribution in [1.29, 1.82) is 0 Å². The van der Waals surface area contributed by atoms with Gasteiger partial charge in [0.2, 0.25) is 11.8 Å². The number of aromatic nitrogens is 2. The van der Waals surface area contributed by atoms with Crippen LogP contribution in [0.25, 0.3) is 5.69 Å². The highest BCUT2D eigenvalue weighted by Crippen LogP contribution is 2.17. The molecule has 34 heavy (non-hydrogen) atoms. The van der Waals surface area contributed by atoms with Gasteiger partial charge in [0, 0.05) is 45.8 Å². The zero-order valence-electron chi connectivity index (χ0n) is 20.5. The molecular formula is C25H36N6O3. The fraction of sp³-hybridized carbons (Fsp3) is 0.560. The van der Waals surface area contributed by atoms with E-state index in [9.17, 15) is 14.4 Å². The average Bonchev–Trinajstić information content (AvgIpc) is 3.04. The number of carbonyl (C=O) groups is 2. The van der Waals surface area contributed by atoms with Crippen molar-refractivity contribution in [1.82, 2.24) is 24.1 Å². The van der Waals surface area contributed by atoms with E-state index in [1.54, 1.807) is 9.36 Å². The summed E-state index contributed by atoms with van der Waals surface area (Å²) in [5.41, 5.74) is 1.53. The van der Waals surface area contributed by atoms with Crippen molar-refractivity contribution in [2.45, 2.75) is 39.2 Å². The standard InChI is InChI=1S/C25H36N6O3/c1-19-9-7-8-12-30(19)23(33)18-29-15-13-28(14-16-29)17-22(32)26-24-20(2)27(3)31(25(24)34)21-10-5-4-6-11-21/h4-6,10-11,19H,7-9,12-18H2,1-3H3,(H,26,32). The Hall–Kier alpha value is -2.91. The molecule has 9 nitrogen and oxygen atoms in total. The Morgan fingerprint density at radius 3 is 2.26 bits per heavy atom. The molecule has 3 heterocycles. The third kappa shape index (κ3) is 5.26. The van der Waals surface area contributed by atoms with Crippen LogP contribution in [0.5, 0.6) is 0 Å². The summed E-state index contributed by atoms with van der Waals surface area (Å²) in [6, 6.07) is 9.71. The van der Waals surface area contributed by atoms with Crippen molar-refractivity contribution < 1.29 is 9.59 Å². The van der Waals surface area contributed by atoms with E-state index in [2.05, 4.69) is 22.0 Å². The first-order valence-corrected chi connectivity index (χ1v) is 12.2. The van der Waals surface area contributed by atoms with E-state index >= 15 is 0 Å². The van der Waals surface area contributed by atoms with E-state index in [4.69, 9.17) is 0 Å². The number of hydrogen-bond acceptors (Lipinski definition) is 5. The van der Waals surface area contributed by atoms with Gasteiger partial charge in [-0.1, -0.05) is 18.2 Å². The van der Waals surface area contributed by atoms with Crippen molar-refractivity contribution in [2.24, 2.45) is 7.05 Å². The summed E-state index contributed by atoms with van der Waals surface area (Å²) >= 11 is 0. The first-order valence-electron chi connectivity index (χ1n) is 12.2. The van der Waals surface area contributed by atoms with E-state index in [-0.39, 0.29) is 23.9 Å². The second-order valence-electron chi connectivity index (χ2n) is 9.47. The second-order valence-corrected chi connectivity index (χ2v) is 9.47. The van der Waals surface area contributed by atoms with Gasteiger partial charge >= 0.3 is 0 Å². The zero-order valence-corrected chi connectivity index (χ0v) is 20.5. The molecule has 1 N–H and O–H groups in total. The Morgan fingerprint density at radius 1 is 0.971 bits per heavy atom. The van der Waals surface area contributed by atoms with Gasteiger partial charge in [-0.05, 0) is 45.2 Å². The molecule has 1 unspecified atom stereocenters. The SMILES string of the molecule is Cc1c(NC(=O)CN2CCN(CC(=O)N3CCCCC3C)CC2)c(=O)n(-c2ccccc2)n1C. The first-order chi connectivity index (χ1) is 16.3.